The van der Waals surface area contributed by atoms with Crippen LogP contribution in [0.2, 0.25) is 0 Å². The van der Waals surface area contributed by atoms with E-state index in [4.69, 9.17) is 0 Å². The summed E-state index contributed by atoms with van der Waals surface area (Å²) in [4.78, 5) is 1.37. The number of hydrogen-bond acceptors (Lipinski definition) is 1. The Bertz CT molecular complexity index is 2200. The van der Waals surface area contributed by atoms with Gasteiger partial charge in [0.25, 0.3) is 0 Å². The Hall–Kier alpha value is -3.82. The van der Waals surface area contributed by atoms with Gasteiger partial charge in [-0.2, -0.15) is 0 Å². The van der Waals surface area contributed by atoms with Crippen molar-refractivity contribution in [2.45, 2.75) is 19.3 Å². The van der Waals surface area contributed by atoms with E-state index in [0.29, 0.717) is 0 Å². The van der Waals surface area contributed by atoms with Crippen LogP contribution in [0.25, 0.3) is 69.5 Å². The van der Waals surface area contributed by atoms with Crippen molar-refractivity contribution in [3.8, 4) is 11.1 Å². The van der Waals surface area contributed by atoms with Crippen LogP contribution in [0.1, 0.15) is 25.1 Å². The van der Waals surface area contributed by atoms with Gasteiger partial charge in [0.2, 0.25) is 0 Å². The topological polar surface area (TPSA) is 9.34 Å². The van der Waals surface area contributed by atoms with Crippen LogP contribution >= 0.6 is 11.3 Å². The highest BCUT2D eigenvalue weighted by Gasteiger charge is 2.40. The third-order valence-corrected chi connectivity index (χ3v) is 9.79. The summed E-state index contributed by atoms with van der Waals surface area (Å²) in [5.41, 5.74) is 9.49. The van der Waals surface area contributed by atoms with E-state index in [1.807, 2.05) is 11.3 Å². The summed E-state index contributed by atoms with van der Waals surface area (Å²) in [6.45, 7) is 4.82. The van der Waals surface area contributed by atoms with Crippen LogP contribution in [0.15, 0.2) is 78.9 Å². The van der Waals surface area contributed by atoms with Gasteiger partial charge in [-0.15, -0.1) is 11.3 Å². The monoisotopic (exact) mass is 466 g/mol. The van der Waals surface area contributed by atoms with Crippen LogP contribution in [0.3, 0.4) is 0 Å². The number of hydrogen-bond donors (Lipinski definition) is 0. The molecule has 0 unspecified atom stereocenters. The fraction of sp³-hybridized carbons (Fsp3) is 0.125. The number of thiophene rings is 1. The quantitative estimate of drug-likeness (QED) is 0.211. The zero-order valence-corrected chi connectivity index (χ0v) is 20.6. The van der Waals surface area contributed by atoms with Gasteiger partial charge in [-0.25, -0.2) is 0 Å². The maximum atomic E-state index is 2.66. The molecule has 8 aromatic rings. The number of benzene rings is 4. The minimum absolute atomic E-state index is 0.114. The number of nitrogens with zero attached hydrogens (tertiary/aromatic N) is 2. The van der Waals surface area contributed by atoms with E-state index < -0.39 is 0 Å². The fourth-order valence-electron chi connectivity index (χ4n) is 7.20. The molecular weight excluding hydrogens is 444 g/mol. The second-order valence-corrected chi connectivity index (χ2v) is 11.7. The molecule has 1 aliphatic carbocycles. The Kier molecular flexibility index (Phi) is 3.01. The molecule has 1 aliphatic rings. The van der Waals surface area contributed by atoms with E-state index in [1.165, 1.54) is 80.8 Å². The second-order valence-electron chi connectivity index (χ2n) is 10.6. The molecule has 166 valence electrons. The first kappa shape index (κ1) is 18.5. The van der Waals surface area contributed by atoms with Crippen molar-refractivity contribution in [3.63, 3.8) is 0 Å². The van der Waals surface area contributed by atoms with Gasteiger partial charge < -0.3 is 8.97 Å². The molecule has 4 heterocycles. The molecule has 4 aromatic heterocycles. The van der Waals surface area contributed by atoms with Gasteiger partial charge in [0.1, 0.15) is 4.83 Å². The van der Waals surface area contributed by atoms with Gasteiger partial charge in [-0.1, -0.05) is 74.5 Å². The Labute approximate surface area is 206 Å². The summed E-state index contributed by atoms with van der Waals surface area (Å²) in [6.07, 6.45) is 0. The highest BCUT2D eigenvalue weighted by molar-refractivity contribution is 7.25. The molecule has 4 aromatic carbocycles. The summed E-state index contributed by atoms with van der Waals surface area (Å²) in [5, 5.41) is 8.29. The Morgan fingerprint density at radius 1 is 0.686 bits per heavy atom. The number of fused-ring (bicyclic) bond motifs is 10. The van der Waals surface area contributed by atoms with E-state index in [0.717, 1.165) is 0 Å². The smallest absolute Gasteiger partial charge is 0.109 e. The highest BCUT2D eigenvalue weighted by atomic mass is 32.1. The molecule has 0 amide bonds. The molecule has 0 aliphatic heterocycles. The lowest BCUT2D eigenvalue weighted by atomic mass is 9.85. The van der Waals surface area contributed by atoms with E-state index in [-0.39, 0.29) is 5.41 Å². The highest BCUT2D eigenvalue weighted by Crippen LogP contribution is 2.55. The fourth-order valence-corrected chi connectivity index (χ4v) is 8.43. The summed E-state index contributed by atoms with van der Waals surface area (Å²) in [7, 11) is 2.22. The number of aromatic nitrogens is 2. The van der Waals surface area contributed by atoms with Gasteiger partial charge >= 0.3 is 0 Å². The average Bonchev–Trinajstić information content (AvgIpc) is 3.52. The van der Waals surface area contributed by atoms with Crippen molar-refractivity contribution < 1.29 is 0 Å². The van der Waals surface area contributed by atoms with E-state index in [9.17, 15) is 0 Å². The summed E-state index contributed by atoms with van der Waals surface area (Å²) >= 11 is 1.94. The number of aryl methyl sites for hydroxylation is 1. The van der Waals surface area contributed by atoms with Crippen molar-refractivity contribution in [3.05, 3.63) is 90.1 Å². The van der Waals surface area contributed by atoms with E-state index >= 15 is 0 Å². The van der Waals surface area contributed by atoms with Crippen LogP contribution in [-0.2, 0) is 12.5 Å². The van der Waals surface area contributed by atoms with E-state index in [1.54, 1.807) is 0 Å². The van der Waals surface area contributed by atoms with Gasteiger partial charge in [-0.05, 0) is 34.7 Å². The molecule has 0 fully saturated rings. The minimum Gasteiger partial charge on any atom is -0.344 e. The molecule has 9 rings (SSSR count). The Morgan fingerprint density at radius 3 is 2.37 bits per heavy atom. The standard InChI is InChI=1S/C32H22N2S/c1-32(2)21-12-6-4-9-17(21)25-19-11-8-13-22-27(19)28-23(33(22)3)16-15-20-26-18-10-5-7-14-24(18)35-31(26)34(29(20)28)30(25)32/h4-16H,1-3H3. The van der Waals surface area contributed by atoms with Gasteiger partial charge in [0.05, 0.1) is 11.0 Å². The molecule has 2 nitrogen and oxygen atoms in total. The second kappa shape index (κ2) is 5.69. The number of rotatable bonds is 0. The van der Waals surface area contributed by atoms with Crippen molar-refractivity contribution in [2.24, 2.45) is 7.05 Å². The van der Waals surface area contributed by atoms with Crippen LogP contribution < -0.4 is 0 Å². The molecule has 0 atom stereocenters. The maximum absolute atomic E-state index is 2.66. The molecule has 0 saturated carbocycles. The average molecular weight is 467 g/mol. The Morgan fingerprint density at radius 2 is 1.46 bits per heavy atom. The molecule has 0 bridgehead atoms. The van der Waals surface area contributed by atoms with Crippen molar-refractivity contribution in [1.29, 1.82) is 0 Å². The van der Waals surface area contributed by atoms with Crippen molar-refractivity contribution >= 4 is 69.7 Å². The van der Waals surface area contributed by atoms with Gasteiger partial charge in [-0.3, -0.25) is 0 Å². The minimum atomic E-state index is -0.114. The summed E-state index contributed by atoms with van der Waals surface area (Å²) in [5.74, 6) is 0. The molecule has 0 spiro atoms. The molecule has 35 heavy (non-hydrogen) atoms. The van der Waals surface area contributed by atoms with Gasteiger partial charge in [0, 0.05) is 60.9 Å². The molecular formula is C32H22N2S. The third-order valence-electron chi connectivity index (χ3n) is 8.64. The molecule has 0 N–H and O–H groups in total. The lowest BCUT2D eigenvalue weighted by molar-refractivity contribution is 0.633. The van der Waals surface area contributed by atoms with Crippen LogP contribution in [-0.4, -0.2) is 8.97 Å². The molecule has 3 heteroatoms. The first-order valence-corrected chi connectivity index (χ1v) is 13.1. The van der Waals surface area contributed by atoms with Crippen LogP contribution in [0, 0.1) is 0 Å². The first-order valence-electron chi connectivity index (χ1n) is 12.3. The molecule has 0 radical (unpaired) electrons. The predicted molar refractivity (Wildman–Crippen MR) is 151 cm³/mol. The normalized spacial score (nSPS) is 14.9. The predicted octanol–water partition coefficient (Wildman–Crippen LogP) is 8.85. The van der Waals surface area contributed by atoms with E-state index in [2.05, 4.69) is 109 Å². The molecule has 0 saturated heterocycles. The lowest BCUT2D eigenvalue weighted by Crippen LogP contribution is -2.18. The van der Waals surface area contributed by atoms with Crippen LogP contribution in [0.4, 0.5) is 0 Å². The first-order chi connectivity index (χ1) is 17.1. The van der Waals surface area contributed by atoms with Crippen molar-refractivity contribution in [2.75, 3.05) is 0 Å². The zero-order chi connectivity index (χ0) is 23.2. The van der Waals surface area contributed by atoms with Crippen LogP contribution in [0.5, 0.6) is 0 Å². The van der Waals surface area contributed by atoms with Crippen molar-refractivity contribution in [1.82, 2.24) is 8.97 Å². The van der Waals surface area contributed by atoms with Gasteiger partial charge in [0.15, 0.2) is 0 Å². The summed E-state index contributed by atoms with van der Waals surface area (Å²) in [6, 6.07) is 29.6. The largest absolute Gasteiger partial charge is 0.344 e. The lowest BCUT2D eigenvalue weighted by Gasteiger charge is -2.22. The Balaban J connectivity index is 1.75. The zero-order valence-electron chi connectivity index (χ0n) is 19.8. The summed E-state index contributed by atoms with van der Waals surface area (Å²) < 4.78 is 6.40. The SMILES string of the molecule is Cn1c2cccc3c4c(n5c6sc7ccccc7c6c6ccc1c(c32)c65)C(C)(C)c1ccccc1-4. The third kappa shape index (κ3) is 1.87. The maximum Gasteiger partial charge on any atom is 0.109 e.